The molecule has 0 saturated carbocycles. The molecule has 0 aliphatic heterocycles. The van der Waals surface area contributed by atoms with Gasteiger partial charge in [0.15, 0.2) is 0 Å². The number of hydrogen-bond donors (Lipinski definition) is 1. The second-order valence-corrected chi connectivity index (χ2v) is 7.32. The molecule has 0 aliphatic rings. The first-order valence-electron chi connectivity index (χ1n) is 5.19. The van der Waals surface area contributed by atoms with Crippen LogP contribution < -0.4 is 4.72 Å². The van der Waals surface area contributed by atoms with Gasteiger partial charge in [-0.2, -0.15) is 0 Å². The quantitative estimate of drug-likeness (QED) is 0.651. The fourth-order valence-electron chi connectivity index (χ4n) is 1.36. The summed E-state index contributed by atoms with van der Waals surface area (Å²) in [7, 11) is -3.81. The predicted molar refractivity (Wildman–Crippen MR) is 78.5 cm³/mol. The third-order valence-corrected chi connectivity index (χ3v) is 5.55. The molecule has 2 aromatic rings. The van der Waals surface area contributed by atoms with Gasteiger partial charge in [-0.1, -0.05) is 15.9 Å². The zero-order valence-corrected chi connectivity index (χ0v) is 13.3. The van der Waals surface area contributed by atoms with Crippen molar-refractivity contribution in [2.24, 2.45) is 0 Å². The molecule has 106 valence electrons. The van der Waals surface area contributed by atoms with Crippen molar-refractivity contribution in [3.63, 3.8) is 0 Å². The van der Waals surface area contributed by atoms with Gasteiger partial charge in [-0.05, 0) is 42.0 Å². The zero-order valence-electron chi connectivity index (χ0n) is 10.0. The Labute approximate surface area is 127 Å². The lowest BCUT2D eigenvalue weighted by Crippen LogP contribution is -2.12. The number of rotatable bonds is 4. The number of aryl methyl sites for hydroxylation is 1. The molecule has 10 heteroatoms. The highest BCUT2D eigenvalue weighted by Gasteiger charge is 2.19. The lowest BCUT2D eigenvalue weighted by molar-refractivity contribution is -0.380. The van der Waals surface area contributed by atoms with Crippen LogP contribution in [0.3, 0.4) is 0 Å². The molecule has 1 N–H and O–H groups in total. The van der Waals surface area contributed by atoms with Crippen LogP contribution in [0.2, 0.25) is 0 Å². The van der Waals surface area contributed by atoms with Crippen LogP contribution in [0.1, 0.15) is 5.56 Å². The standard InChI is InChI=1S/C10H8BrN3O4S2/c1-6-4-7(2-3-8(6)11)20(17,18)13-10-12-5-9(19-10)14(15)16/h2-5H,1H3,(H,12,13). The van der Waals surface area contributed by atoms with E-state index in [1.807, 2.05) is 0 Å². The smallest absolute Gasteiger partial charge is 0.257 e. The van der Waals surface area contributed by atoms with Gasteiger partial charge in [0.05, 0.1) is 9.82 Å². The molecule has 20 heavy (non-hydrogen) atoms. The summed E-state index contributed by atoms with van der Waals surface area (Å²) in [4.78, 5) is 13.6. The van der Waals surface area contributed by atoms with Crippen molar-refractivity contribution in [1.29, 1.82) is 0 Å². The summed E-state index contributed by atoms with van der Waals surface area (Å²) in [6.07, 6.45) is 1.01. The Morgan fingerprint density at radius 3 is 2.70 bits per heavy atom. The first-order valence-corrected chi connectivity index (χ1v) is 8.28. The number of nitro groups is 1. The molecule has 1 aromatic carbocycles. The second-order valence-electron chi connectivity index (χ2n) is 3.78. The van der Waals surface area contributed by atoms with E-state index >= 15 is 0 Å². The van der Waals surface area contributed by atoms with E-state index in [4.69, 9.17) is 0 Å². The van der Waals surface area contributed by atoms with Crippen LogP contribution in [0.4, 0.5) is 10.1 Å². The van der Waals surface area contributed by atoms with Gasteiger partial charge < -0.3 is 0 Å². The van der Waals surface area contributed by atoms with Gasteiger partial charge in [0, 0.05) is 4.47 Å². The minimum Gasteiger partial charge on any atom is -0.257 e. The van der Waals surface area contributed by atoms with Crippen LogP contribution >= 0.6 is 27.3 Å². The maximum atomic E-state index is 12.1. The number of benzene rings is 1. The van der Waals surface area contributed by atoms with Crippen LogP contribution in [0.25, 0.3) is 0 Å². The van der Waals surface area contributed by atoms with Crippen molar-refractivity contribution in [2.45, 2.75) is 11.8 Å². The molecule has 0 unspecified atom stereocenters. The lowest BCUT2D eigenvalue weighted by Gasteiger charge is -2.06. The molecular weight excluding hydrogens is 370 g/mol. The summed E-state index contributed by atoms with van der Waals surface area (Å²) in [6, 6.07) is 4.55. The number of sulfonamides is 1. The summed E-state index contributed by atoms with van der Waals surface area (Å²) < 4.78 is 27.2. The van der Waals surface area contributed by atoms with Gasteiger partial charge >= 0.3 is 5.00 Å². The highest BCUT2D eigenvalue weighted by atomic mass is 79.9. The van der Waals surface area contributed by atoms with Gasteiger partial charge in [-0.25, -0.2) is 13.4 Å². The van der Waals surface area contributed by atoms with E-state index in [-0.39, 0.29) is 15.0 Å². The van der Waals surface area contributed by atoms with Crippen molar-refractivity contribution in [2.75, 3.05) is 4.72 Å². The van der Waals surface area contributed by atoms with Gasteiger partial charge in [0.1, 0.15) is 6.20 Å². The normalized spacial score (nSPS) is 11.3. The van der Waals surface area contributed by atoms with E-state index < -0.39 is 14.9 Å². The first-order chi connectivity index (χ1) is 9.29. The monoisotopic (exact) mass is 377 g/mol. The average molecular weight is 378 g/mol. The molecule has 0 bridgehead atoms. The molecule has 1 aromatic heterocycles. The molecule has 0 radical (unpaired) electrons. The Morgan fingerprint density at radius 1 is 1.45 bits per heavy atom. The Bertz CT molecular complexity index is 773. The predicted octanol–water partition coefficient (Wildman–Crippen LogP) is 2.92. The number of thiazole rings is 1. The van der Waals surface area contributed by atoms with E-state index in [1.165, 1.54) is 12.1 Å². The number of hydrogen-bond acceptors (Lipinski definition) is 6. The minimum atomic E-state index is -3.81. The van der Waals surface area contributed by atoms with E-state index in [2.05, 4.69) is 25.6 Å². The number of anilines is 1. The van der Waals surface area contributed by atoms with E-state index in [1.54, 1.807) is 13.0 Å². The summed E-state index contributed by atoms with van der Waals surface area (Å²) in [5, 5.41) is 10.3. The van der Waals surface area contributed by atoms with Crippen molar-refractivity contribution >= 4 is 47.4 Å². The number of aromatic nitrogens is 1. The van der Waals surface area contributed by atoms with Gasteiger partial charge in [-0.15, -0.1) is 0 Å². The fourth-order valence-corrected chi connectivity index (χ4v) is 3.56. The third kappa shape index (κ3) is 3.14. The number of halogens is 1. The minimum absolute atomic E-state index is 0.0442. The van der Waals surface area contributed by atoms with E-state index in [0.29, 0.717) is 11.3 Å². The van der Waals surface area contributed by atoms with Gasteiger partial charge in [0.25, 0.3) is 10.0 Å². The molecule has 0 spiro atoms. The van der Waals surface area contributed by atoms with Crippen molar-refractivity contribution in [3.05, 3.63) is 44.5 Å². The highest BCUT2D eigenvalue weighted by molar-refractivity contribution is 9.10. The molecule has 0 atom stereocenters. The third-order valence-electron chi connectivity index (χ3n) is 2.33. The molecule has 1 heterocycles. The fraction of sp³-hybridized carbons (Fsp3) is 0.100. The van der Waals surface area contributed by atoms with Gasteiger partial charge in [0.2, 0.25) is 5.13 Å². The number of nitrogens with zero attached hydrogens (tertiary/aromatic N) is 2. The Kier molecular flexibility index (Phi) is 4.06. The van der Waals surface area contributed by atoms with Crippen molar-refractivity contribution in [1.82, 2.24) is 4.98 Å². The topological polar surface area (TPSA) is 102 Å². The largest absolute Gasteiger partial charge is 0.345 e. The number of nitrogens with one attached hydrogen (secondary N) is 1. The lowest BCUT2D eigenvalue weighted by atomic mass is 10.2. The summed E-state index contributed by atoms with van der Waals surface area (Å²) in [5.74, 6) is 0. The first kappa shape index (κ1) is 14.9. The van der Waals surface area contributed by atoms with Crippen molar-refractivity contribution in [3.8, 4) is 0 Å². The summed E-state index contributed by atoms with van der Waals surface area (Å²) in [5.41, 5.74) is 0.762. The molecule has 0 amide bonds. The Balaban J connectivity index is 2.30. The van der Waals surface area contributed by atoms with Crippen LogP contribution in [-0.4, -0.2) is 18.3 Å². The molecule has 0 fully saturated rings. The second kappa shape index (κ2) is 5.46. The van der Waals surface area contributed by atoms with Crippen LogP contribution in [-0.2, 0) is 10.0 Å². The summed E-state index contributed by atoms with van der Waals surface area (Å²) >= 11 is 3.94. The molecular formula is C10H8BrN3O4S2. The zero-order chi connectivity index (χ0) is 14.9. The Morgan fingerprint density at radius 2 is 2.15 bits per heavy atom. The SMILES string of the molecule is Cc1cc(S(=O)(=O)Nc2ncc([N+](=O)[O-])s2)ccc1Br. The van der Waals surface area contributed by atoms with E-state index in [0.717, 1.165) is 16.2 Å². The molecule has 0 saturated heterocycles. The molecule has 0 aliphatic carbocycles. The molecule has 2 rings (SSSR count). The van der Waals surface area contributed by atoms with Gasteiger partial charge in [-0.3, -0.25) is 14.8 Å². The maximum Gasteiger partial charge on any atom is 0.345 e. The van der Waals surface area contributed by atoms with Crippen LogP contribution in [0, 0.1) is 17.0 Å². The Hall–Kier alpha value is -1.52. The van der Waals surface area contributed by atoms with Crippen molar-refractivity contribution < 1.29 is 13.3 Å². The average Bonchev–Trinajstić information content (AvgIpc) is 2.80. The highest BCUT2D eigenvalue weighted by Crippen LogP contribution is 2.28. The van der Waals surface area contributed by atoms with Crippen LogP contribution in [0.15, 0.2) is 33.8 Å². The maximum absolute atomic E-state index is 12.1. The van der Waals surface area contributed by atoms with Crippen LogP contribution in [0.5, 0.6) is 0 Å². The van der Waals surface area contributed by atoms with E-state index in [9.17, 15) is 18.5 Å². The molecule has 7 nitrogen and oxygen atoms in total. The summed E-state index contributed by atoms with van der Waals surface area (Å²) in [6.45, 7) is 1.76.